The molecule has 0 aromatic carbocycles. The number of pyridine rings is 1. The molecule has 0 bridgehead atoms. The highest BCUT2D eigenvalue weighted by atomic mass is 35.5. The molecule has 0 saturated carbocycles. The van der Waals surface area contributed by atoms with Crippen LogP contribution in [0.1, 0.15) is 5.56 Å². The number of anilines is 1. The molecule has 0 atom stereocenters. The Morgan fingerprint density at radius 1 is 1.67 bits per heavy atom. The normalized spacial score (nSPS) is 8.17. The molecule has 0 spiro atoms. The molecule has 5 heteroatoms. The van der Waals surface area contributed by atoms with Crippen molar-refractivity contribution in [1.82, 2.24) is 4.98 Å². The van der Waals surface area contributed by atoms with Gasteiger partial charge in [0.25, 0.3) is 6.47 Å². The SMILES string of the molecule is Cc1ccc(Cl)nc1N.O=CO. The highest BCUT2D eigenvalue weighted by Gasteiger charge is 1.92. The van der Waals surface area contributed by atoms with E-state index in [0.717, 1.165) is 5.56 Å². The Labute approximate surface area is 75.0 Å². The van der Waals surface area contributed by atoms with Gasteiger partial charge in [-0.15, -0.1) is 0 Å². The molecule has 1 aromatic heterocycles. The molecule has 0 aliphatic heterocycles. The summed E-state index contributed by atoms with van der Waals surface area (Å²) in [5, 5.41) is 7.33. The van der Waals surface area contributed by atoms with Gasteiger partial charge in [-0.3, -0.25) is 4.79 Å². The van der Waals surface area contributed by atoms with Gasteiger partial charge in [-0.2, -0.15) is 0 Å². The van der Waals surface area contributed by atoms with E-state index in [1.165, 1.54) is 0 Å². The van der Waals surface area contributed by atoms with E-state index in [0.29, 0.717) is 11.0 Å². The fourth-order valence-electron chi connectivity index (χ4n) is 0.520. The number of nitrogen functional groups attached to an aromatic ring is 1. The van der Waals surface area contributed by atoms with E-state index in [9.17, 15) is 0 Å². The van der Waals surface area contributed by atoms with Crippen molar-refractivity contribution in [2.75, 3.05) is 5.73 Å². The highest BCUT2D eigenvalue weighted by molar-refractivity contribution is 6.29. The van der Waals surface area contributed by atoms with Crippen LogP contribution in [0.3, 0.4) is 0 Å². The van der Waals surface area contributed by atoms with E-state index in [4.69, 9.17) is 27.2 Å². The number of hydrogen-bond donors (Lipinski definition) is 2. The summed E-state index contributed by atoms with van der Waals surface area (Å²) in [4.78, 5) is 12.2. The predicted molar refractivity (Wildman–Crippen MR) is 47.1 cm³/mol. The van der Waals surface area contributed by atoms with Crippen LogP contribution in [-0.2, 0) is 4.79 Å². The van der Waals surface area contributed by atoms with Crippen LogP contribution in [0, 0.1) is 6.92 Å². The molecule has 1 heterocycles. The van der Waals surface area contributed by atoms with Gasteiger partial charge in [0.2, 0.25) is 0 Å². The summed E-state index contributed by atoms with van der Waals surface area (Å²) in [5.74, 6) is 0.502. The zero-order valence-corrected chi connectivity index (χ0v) is 7.25. The Balaban J connectivity index is 0.000000354. The van der Waals surface area contributed by atoms with Gasteiger partial charge in [0.05, 0.1) is 0 Å². The lowest BCUT2D eigenvalue weighted by atomic mass is 10.3. The minimum Gasteiger partial charge on any atom is -0.483 e. The van der Waals surface area contributed by atoms with Crippen molar-refractivity contribution in [2.24, 2.45) is 0 Å². The quantitative estimate of drug-likeness (QED) is 0.476. The first kappa shape index (κ1) is 10.7. The smallest absolute Gasteiger partial charge is 0.290 e. The fraction of sp³-hybridized carbons (Fsp3) is 0.143. The molecule has 0 fully saturated rings. The molecule has 0 radical (unpaired) electrons. The molecular weight excluding hydrogens is 180 g/mol. The zero-order chi connectivity index (χ0) is 9.56. The minimum absolute atomic E-state index is 0.250. The summed E-state index contributed by atoms with van der Waals surface area (Å²) < 4.78 is 0. The van der Waals surface area contributed by atoms with E-state index in [1.54, 1.807) is 6.07 Å². The topological polar surface area (TPSA) is 76.2 Å². The monoisotopic (exact) mass is 188 g/mol. The van der Waals surface area contributed by atoms with Crippen molar-refractivity contribution < 1.29 is 9.90 Å². The molecule has 0 saturated heterocycles. The van der Waals surface area contributed by atoms with Gasteiger partial charge in [-0.25, -0.2) is 4.98 Å². The number of nitrogens with zero attached hydrogens (tertiary/aromatic N) is 1. The van der Waals surface area contributed by atoms with Crippen LogP contribution >= 0.6 is 11.6 Å². The van der Waals surface area contributed by atoms with Crippen LogP contribution < -0.4 is 5.73 Å². The fourth-order valence-corrected chi connectivity index (χ4v) is 0.674. The molecule has 0 aliphatic rings. The first-order valence-corrected chi connectivity index (χ1v) is 3.46. The minimum atomic E-state index is -0.250. The predicted octanol–water partition coefficient (Wildman–Crippen LogP) is 1.33. The van der Waals surface area contributed by atoms with Crippen LogP contribution in [0.4, 0.5) is 5.82 Å². The lowest BCUT2D eigenvalue weighted by Crippen LogP contribution is -1.92. The summed E-state index contributed by atoms with van der Waals surface area (Å²) in [6, 6.07) is 3.55. The van der Waals surface area contributed by atoms with E-state index in [2.05, 4.69) is 4.98 Å². The molecule has 4 nitrogen and oxygen atoms in total. The summed E-state index contributed by atoms with van der Waals surface area (Å²) in [6.45, 7) is 1.64. The Morgan fingerprint density at radius 2 is 2.17 bits per heavy atom. The van der Waals surface area contributed by atoms with Crippen LogP contribution in [0.5, 0.6) is 0 Å². The van der Waals surface area contributed by atoms with E-state index >= 15 is 0 Å². The Kier molecular flexibility index (Phi) is 4.79. The van der Waals surface area contributed by atoms with Gasteiger partial charge in [0.1, 0.15) is 11.0 Å². The zero-order valence-electron chi connectivity index (χ0n) is 6.49. The van der Waals surface area contributed by atoms with Gasteiger partial charge in [0.15, 0.2) is 0 Å². The summed E-state index contributed by atoms with van der Waals surface area (Å²) in [7, 11) is 0. The van der Waals surface area contributed by atoms with Gasteiger partial charge < -0.3 is 10.8 Å². The standard InChI is InChI=1S/C6H7ClN2.CH2O2/c1-4-2-3-5(7)9-6(4)8;2-1-3/h2-3H,1H3,(H2,8,9);1H,(H,2,3). The largest absolute Gasteiger partial charge is 0.483 e. The van der Waals surface area contributed by atoms with Crippen molar-refractivity contribution in [3.8, 4) is 0 Å². The second kappa shape index (κ2) is 5.37. The molecule has 0 amide bonds. The van der Waals surface area contributed by atoms with Gasteiger partial charge in [-0.05, 0) is 18.6 Å². The lowest BCUT2D eigenvalue weighted by molar-refractivity contribution is -0.122. The van der Waals surface area contributed by atoms with Gasteiger partial charge in [0, 0.05) is 0 Å². The molecule has 0 unspecified atom stereocenters. The number of nitrogens with two attached hydrogens (primary N) is 1. The number of halogens is 1. The molecule has 1 rings (SSSR count). The number of rotatable bonds is 0. The van der Waals surface area contributed by atoms with Crippen molar-refractivity contribution in [3.05, 3.63) is 22.8 Å². The maximum absolute atomic E-state index is 8.36. The third kappa shape index (κ3) is 3.78. The van der Waals surface area contributed by atoms with Crippen LogP contribution in [0.2, 0.25) is 5.15 Å². The first-order chi connectivity index (χ1) is 5.61. The average molecular weight is 189 g/mol. The summed E-state index contributed by atoms with van der Waals surface area (Å²) in [6.07, 6.45) is 0. The number of carbonyl (C=O) groups is 1. The molecule has 66 valence electrons. The maximum atomic E-state index is 8.36. The van der Waals surface area contributed by atoms with E-state index in [-0.39, 0.29) is 6.47 Å². The number of aromatic nitrogens is 1. The van der Waals surface area contributed by atoms with E-state index < -0.39 is 0 Å². The first-order valence-electron chi connectivity index (χ1n) is 3.08. The van der Waals surface area contributed by atoms with Crippen LogP contribution in [0.15, 0.2) is 12.1 Å². The third-order valence-electron chi connectivity index (χ3n) is 1.10. The molecule has 3 N–H and O–H groups in total. The van der Waals surface area contributed by atoms with Crippen LogP contribution in [0.25, 0.3) is 0 Å². The number of carboxylic acid groups (broad SMARTS) is 1. The Morgan fingerprint density at radius 3 is 2.50 bits per heavy atom. The molecule has 1 aromatic rings. The Bertz CT molecular complexity index is 266. The van der Waals surface area contributed by atoms with Crippen molar-refractivity contribution in [3.63, 3.8) is 0 Å². The Hall–Kier alpha value is -1.29. The third-order valence-corrected chi connectivity index (χ3v) is 1.31. The van der Waals surface area contributed by atoms with E-state index in [1.807, 2.05) is 13.0 Å². The molecule has 0 aliphatic carbocycles. The summed E-state index contributed by atoms with van der Waals surface area (Å²) >= 11 is 5.53. The lowest BCUT2D eigenvalue weighted by Gasteiger charge is -1.95. The highest BCUT2D eigenvalue weighted by Crippen LogP contribution is 2.10. The summed E-state index contributed by atoms with van der Waals surface area (Å²) in [5.41, 5.74) is 6.38. The van der Waals surface area contributed by atoms with Crippen LogP contribution in [-0.4, -0.2) is 16.6 Å². The number of aryl methyl sites for hydroxylation is 1. The average Bonchev–Trinajstić information content (AvgIpc) is 1.99. The van der Waals surface area contributed by atoms with Crippen molar-refractivity contribution in [1.29, 1.82) is 0 Å². The molecule has 12 heavy (non-hydrogen) atoms. The molecular formula is C7H9ClN2O2. The maximum Gasteiger partial charge on any atom is 0.290 e. The van der Waals surface area contributed by atoms with Gasteiger partial charge in [-0.1, -0.05) is 17.7 Å². The van der Waals surface area contributed by atoms with Crippen molar-refractivity contribution >= 4 is 23.9 Å². The van der Waals surface area contributed by atoms with Crippen molar-refractivity contribution in [2.45, 2.75) is 6.92 Å². The second-order valence-electron chi connectivity index (χ2n) is 1.94. The second-order valence-corrected chi connectivity index (χ2v) is 2.33. The number of hydrogen-bond acceptors (Lipinski definition) is 3. The van der Waals surface area contributed by atoms with Gasteiger partial charge >= 0.3 is 0 Å².